The molecule has 1 N–H and O–H groups in total. The molecule has 20 heavy (non-hydrogen) atoms. The van der Waals surface area contributed by atoms with Crippen molar-refractivity contribution in [2.75, 3.05) is 46.5 Å². The van der Waals surface area contributed by atoms with E-state index >= 15 is 0 Å². The van der Waals surface area contributed by atoms with Gasteiger partial charge in [0.05, 0.1) is 20.3 Å². The summed E-state index contributed by atoms with van der Waals surface area (Å²) in [6.45, 7) is 6.63. The SMILES string of the molecule is COc1ccc(CN2CCNCC2)cc1OC1COC1. The van der Waals surface area contributed by atoms with Crippen LogP contribution in [0.4, 0.5) is 0 Å². The predicted octanol–water partition coefficient (Wildman–Crippen LogP) is 0.878. The first-order chi connectivity index (χ1) is 9.85. The fourth-order valence-corrected chi connectivity index (χ4v) is 2.50. The van der Waals surface area contributed by atoms with Crippen LogP contribution in [-0.4, -0.2) is 57.5 Å². The van der Waals surface area contributed by atoms with Crippen LogP contribution in [0.15, 0.2) is 18.2 Å². The second-order valence-corrected chi connectivity index (χ2v) is 5.29. The molecule has 0 spiro atoms. The van der Waals surface area contributed by atoms with E-state index in [1.165, 1.54) is 5.56 Å². The number of nitrogens with zero attached hydrogens (tertiary/aromatic N) is 1. The Hall–Kier alpha value is -1.30. The molecular weight excluding hydrogens is 256 g/mol. The molecule has 0 aliphatic carbocycles. The zero-order valence-electron chi connectivity index (χ0n) is 11.9. The number of nitrogens with one attached hydrogen (secondary N) is 1. The van der Waals surface area contributed by atoms with Crippen LogP contribution in [0, 0.1) is 0 Å². The van der Waals surface area contributed by atoms with Gasteiger partial charge in [-0.25, -0.2) is 0 Å². The third kappa shape index (κ3) is 3.23. The lowest BCUT2D eigenvalue weighted by Crippen LogP contribution is -2.42. The summed E-state index contributed by atoms with van der Waals surface area (Å²) in [5.41, 5.74) is 1.27. The Morgan fingerprint density at radius 2 is 2.05 bits per heavy atom. The van der Waals surface area contributed by atoms with Crippen molar-refractivity contribution in [2.45, 2.75) is 12.6 Å². The lowest BCUT2D eigenvalue weighted by molar-refractivity contribution is -0.0803. The predicted molar refractivity (Wildman–Crippen MR) is 76.4 cm³/mol. The summed E-state index contributed by atoms with van der Waals surface area (Å²) in [6.07, 6.45) is 0.165. The normalized spacial score (nSPS) is 20.4. The topological polar surface area (TPSA) is 43.0 Å². The van der Waals surface area contributed by atoms with Crippen LogP contribution in [0.25, 0.3) is 0 Å². The minimum absolute atomic E-state index is 0.165. The molecule has 1 aromatic rings. The molecule has 0 amide bonds. The van der Waals surface area contributed by atoms with Gasteiger partial charge in [-0.2, -0.15) is 0 Å². The molecule has 0 aromatic heterocycles. The average molecular weight is 278 g/mol. The van der Waals surface area contributed by atoms with Crippen molar-refractivity contribution in [1.82, 2.24) is 10.2 Å². The van der Waals surface area contributed by atoms with Crippen LogP contribution in [0.5, 0.6) is 11.5 Å². The van der Waals surface area contributed by atoms with Crippen molar-refractivity contribution in [3.05, 3.63) is 23.8 Å². The van der Waals surface area contributed by atoms with Gasteiger partial charge in [-0.1, -0.05) is 6.07 Å². The number of hydrogen-bond acceptors (Lipinski definition) is 5. The van der Waals surface area contributed by atoms with Crippen LogP contribution in [0.3, 0.4) is 0 Å². The van der Waals surface area contributed by atoms with Crippen LogP contribution in [0.1, 0.15) is 5.56 Å². The zero-order valence-corrected chi connectivity index (χ0v) is 11.9. The van der Waals surface area contributed by atoms with Crippen molar-refractivity contribution in [3.8, 4) is 11.5 Å². The smallest absolute Gasteiger partial charge is 0.162 e. The van der Waals surface area contributed by atoms with Gasteiger partial charge in [0, 0.05) is 32.7 Å². The fraction of sp³-hybridized carbons (Fsp3) is 0.600. The number of benzene rings is 1. The molecule has 0 saturated carbocycles. The first-order valence-corrected chi connectivity index (χ1v) is 7.19. The Morgan fingerprint density at radius 1 is 1.25 bits per heavy atom. The molecule has 110 valence electrons. The largest absolute Gasteiger partial charge is 0.493 e. The molecule has 0 bridgehead atoms. The number of methoxy groups -OCH3 is 1. The van der Waals surface area contributed by atoms with E-state index in [0.717, 1.165) is 44.2 Å². The van der Waals surface area contributed by atoms with E-state index in [1.54, 1.807) is 7.11 Å². The molecule has 5 nitrogen and oxygen atoms in total. The quantitative estimate of drug-likeness (QED) is 0.866. The Labute approximate surface area is 119 Å². The Bertz CT molecular complexity index is 443. The van der Waals surface area contributed by atoms with Crippen LogP contribution in [0.2, 0.25) is 0 Å². The van der Waals surface area contributed by atoms with E-state index in [-0.39, 0.29) is 6.10 Å². The summed E-state index contributed by atoms with van der Waals surface area (Å²) in [5, 5.41) is 3.37. The van der Waals surface area contributed by atoms with Crippen LogP contribution >= 0.6 is 0 Å². The Kier molecular flexibility index (Phi) is 4.40. The van der Waals surface area contributed by atoms with Gasteiger partial charge in [0.25, 0.3) is 0 Å². The number of ether oxygens (including phenoxy) is 3. The summed E-state index contributed by atoms with van der Waals surface area (Å²) in [4.78, 5) is 2.45. The van der Waals surface area contributed by atoms with Gasteiger partial charge in [-0.05, 0) is 17.7 Å². The van der Waals surface area contributed by atoms with Gasteiger partial charge in [0.2, 0.25) is 0 Å². The molecule has 2 fully saturated rings. The lowest BCUT2D eigenvalue weighted by atomic mass is 10.1. The summed E-state index contributed by atoms with van der Waals surface area (Å²) >= 11 is 0. The number of rotatable bonds is 5. The number of hydrogen-bond donors (Lipinski definition) is 1. The molecule has 3 rings (SSSR count). The molecule has 2 aliphatic heterocycles. The highest BCUT2D eigenvalue weighted by Crippen LogP contribution is 2.30. The van der Waals surface area contributed by atoms with Crippen molar-refractivity contribution in [3.63, 3.8) is 0 Å². The maximum atomic E-state index is 5.92. The van der Waals surface area contributed by atoms with Crippen molar-refractivity contribution in [2.24, 2.45) is 0 Å². The molecule has 2 aliphatic rings. The molecule has 1 aromatic carbocycles. The standard InChI is InChI=1S/C15H22N2O3/c1-18-14-3-2-12(9-17-6-4-16-5-7-17)8-15(14)20-13-10-19-11-13/h2-3,8,13,16H,4-7,9-11H2,1H3. The second kappa shape index (κ2) is 6.43. The van der Waals surface area contributed by atoms with Gasteiger partial charge in [0.15, 0.2) is 11.5 Å². The fourth-order valence-electron chi connectivity index (χ4n) is 2.50. The minimum Gasteiger partial charge on any atom is -0.493 e. The van der Waals surface area contributed by atoms with Gasteiger partial charge < -0.3 is 19.5 Å². The summed E-state index contributed by atoms with van der Waals surface area (Å²) in [7, 11) is 1.68. The minimum atomic E-state index is 0.165. The van der Waals surface area contributed by atoms with Gasteiger partial charge in [0.1, 0.15) is 6.10 Å². The summed E-state index contributed by atoms with van der Waals surface area (Å²) in [5.74, 6) is 1.62. The molecule has 5 heteroatoms. The third-order valence-corrected chi connectivity index (χ3v) is 3.74. The van der Waals surface area contributed by atoms with E-state index in [4.69, 9.17) is 14.2 Å². The molecule has 2 saturated heterocycles. The van der Waals surface area contributed by atoms with Crippen molar-refractivity contribution >= 4 is 0 Å². The van der Waals surface area contributed by atoms with E-state index in [0.29, 0.717) is 13.2 Å². The zero-order chi connectivity index (χ0) is 13.8. The highest BCUT2D eigenvalue weighted by molar-refractivity contribution is 5.43. The van der Waals surface area contributed by atoms with Crippen LogP contribution in [-0.2, 0) is 11.3 Å². The van der Waals surface area contributed by atoms with Gasteiger partial charge >= 0.3 is 0 Å². The molecule has 2 heterocycles. The molecule has 0 radical (unpaired) electrons. The maximum Gasteiger partial charge on any atom is 0.162 e. The van der Waals surface area contributed by atoms with E-state index in [9.17, 15) is 0 Å². The highest BCUT2D eigenvalue weighted by atomic mass is 16.6. The second-order valence-electron chi connectivity index (χ2n) is 5.29. The van der Waals surface area contributed by atoms with Crippen molar-refractivity contribution in [1.29, 1.82) is 0 Å². The Morgan fingerprint density at radius 3 is 2.70 bits per heavy atom. The molecular formula is C15H22N2O3. The molecule has 0 atom stereocenters. The number of piperazine rings is 1. The van der Waals surface area contributed by atoms with E-state index in [1.807, 2.05) is 6.07 Å². The average Bonchev–Trinajstić information content (AvgIpc) is 2.44. The van der Waals surface area contributed by atoms with E-state index in [2.05, 4.69) is 22.3 Å². The lowest BCUT2D eigenvalue weighted by Gasteiger charge is -2.29. The highest BCUT2D eigenvalue weighted by Gasteiger charge is 2.22. The molecule has 0 unspecified atom stereocenters. The Balaban J connectivity index is 1.68. The third-order valence-electron chi connectivity index (χ3n) is 3.74. The first-order valence-electron chi connectivity index (χ1n) is 7.19. The van der Waals surface area contributed by atoms with E-state index < -0.39 is 0 Å². The first kappa shape index (κ1) is 13.7. The van der Waals surface area contributed by atoms with Gasteiger partial charge in [-0.3, -0.25) is 4.90 Å². The van der Waals surface area contributed by atoms with Gasteiger partial charge in [-0.15, -0.1) is 0 Å². The monoisotopic (exact) mass is 278 g/mol. The summed E-state index contributed by atoms with van der Waals surface area (Å²) in [6, 6.07) is 6.20. The van der Waals surface area contributed by atoms with Crippen molar-refractivity contribution < 1.29 is 14.2 Å². The van der Waals surface area contributed by atoms with Crippen LogP contribution < -0.4 is 14.8 Å². The summed E-state index contributed by atoms with van der Waals surface area (Å²) < 4.78 is 16.4. The maximum absolute atomic E-state index is 5.92.